The average molecular weight is 323 g/mol. The average Bonchev–Trinajstić information content (AvgIpc) is 2.67. The standard InChI is InChI=1S/C19H21N3O2/c1-2-17(23)19(24)22-12-9-15(10-13-22)18-20-11-8-16(21-18)14-6-4-3-5-7-14/h2-8,11,15,17,23H,1,9-10,12-13H2. The summed E-state index contributed by atoms with van der Waals surface area (Å²) in [4.78, 5) is 22.8. The van der Waals surface area contributed by atoms with Gasteiger partial charge in [-0.3, -0.25) is 4.79 Å². The number of likely N-dealkylation sites (tertiary alicyclic amines) is 1. The molecule has 5 nitrogen and oxygen atoms in total. The number of rotatable bonds is 4. The van der Waals surface area contributed by atoms with E-state index in [0.717, 1.165) is 29.9 Å². The summed E-state index contributed by atoms with van der Waals surface area (Å²) in [6.45, 7) is 4.67. The zero-order valence-electron chi connectivity index (χ0n) is 13.5. The largest absolute Gasteiger partial charge is 0.379 e. The van der Waals surface area contributed by atoms with E-state index in [9.17, 15) is 9.90 Å². The van der Waals surface area contributed by atoms with E-state index in [1.54, 1.807) is 11.1 Å². The molecule has 0 radical (unpaired) electrons. The zero-order chi connectivity index (χ0) is 16.9. The number of carbonyl (C=O) groups excluding carboxylic acids is 1. The molecule has 1 aliphatic heterocycles. The van der Waals surface area contributed by atoms with Crippen LogP contribution in [0.4, 0.5) is 0 Å². The van der Waals surface area contributed by atoms with Crippen LogP contribution in [0.15, 0.2) is 55.3 Å². The van der Waals surface area contributed by atoms with Crippen LogP contribution in [-0.4, -0.2) is 45.1 Å². The maximum atomic E-state index is 12.0. The third kappa shape index (κ3) is 3.51. The Hall–Kier alpha value is -2.53. The second kappa shape index (κ2) is 7.36. The molecule has 124 valence electrons. The first-order chi connectivity index (χ1) is 11.7. The van der Waals surface area contributed by atoms with E-state index in [2.05, 4.69) is 11.6 Å². The van der Waals surface area contributed by atoms with Crippen LogP contribution in [0.3, 0.4) is 0 Å². The van der Waals surface area contributed by atoms with Crippen LogP contribution in [0.25, 0.3) is 11.3 Å². The highest BCUT2D eigenvalue weighted by molar-refractivity contribution is 5.82. The number of aliphatic hydroxyl groups excluding tert-OH is 1. The Morgan fingerprint density at radius 3 is 2.62 bits per heavy atom. The van der Waals surface area contributed by atoms with E-state index in [1.807, 2.05) is 36.4 Å². The minimum Gasteiger partial charge on any atom is -0.379 e. The molecule has 5 heteroatoms. The Morgan fingerprint density at radius 1 is 1.25 bits per heavy atom. The third-order valence-corrected chi connectivity index (χ3v) is 4.39. The molecule has 24 heavy (non-hydrogen) atoms. The monoisotopic (exact) mass is 323 g/mol. The normalized spacial score (nSPS) is 16.6. The second-order valence-electron chi connectivity index (χ2n) is 5.95. The molecule has 1 fully saturated rings. The predicted molar refractivity (Wildman–Crippen MR) is 92.2 cm³/mol. The summed E-state index contributed by atoms with van der Waals surface area (Å²) in [5, 5.41) is 9.59. The fourth-order valence-electron chi connectivity index (χ4n) is 2.99. The fourth-order valence-corrected chi connectivity index (χ4v) is 2.99. The molecule has 3 rings (SSSR count). The first-order valence-corrected chi connectivity index (χ1v) is 8.17. The van der Waals surface area contributed by atoms with Crippen LogP contribution in [0, 0.1) is 0 Å². The van der Waals surface area contributed by atoms with Crippen molar-refractivity contribution in [1.29, 1.82) is 0 Å². The van der Waals surface area contributed by atoms with Crippen molar-refractivity contribution in [2.75, 3.05) is 13.1 Å². The lowest BCUT2D eigenvalue weighted by Gasteiger charge is -2.32. The van der Waals surface area contributed by atoms with E-state index >= 15 is 0 Å². The molecule has 0 aliphatic carbocycles. The molecule has 1 unspecified atom stereocenters. The number of nitrogens with zero attached hydrogens (tertiary/aromatic N) is 3. The fraction of sp³-hybridized carbons (Fsp3) is 0.316. The SMILES string of the molecule is C=CC(O)C(=O)N1CCC(c2nccc(-c3ccccc3)n2)CC1. The molecule has 2 aromatic rings. The molecule has 0 bridgehead atoms. The maximum absolute atomic E-state index is 12.0. The van der Waals surface area contributed by atoms with Gasteiger partial charge in [0.05, 0.1) is 5.69 Å². The van der Waals surface area contributed by atoms with Crippen molar-refractivity contribution in [3.63, 3.8) is 0 Å². The number of carbonyl (C=O) groups is 1. The molecule has 2 heterocycles. The summed E-state index contributed by atoms with van der Waals surface area (Å²) in [5.74, 6) is 0.786. The van der Waals surface area contributed by atoms with Gasteiger partial charge in [0.1, 0.15) is 5.82 Å². The van der Waals surface area contributed by atoms with Gasteiger partial charge in [-0.25, -0.2) is 9.97 Å². The highest BCUT2D eigenvalue weighted by atomic mass is 16.3. The van der Waals surface area contributed by atoms with Gasteiger partial charge in [0, 0.05) is 30.8 Å². The number of amides is 1. The first-order valence-electron chi connectivity index (χ1n) is 8.17. The summed E-state index contributed by atoms with van der Waals surface area (Å²) in [6, 6.07) is 11.9. The third-order valence-electron chi connectivity index (χ3n) is 4.39. The van der Waals surface area contributed by atoms with Crippen LogP contribution in [0.1, 0.15) is 24.6 Å². The number of aromatic nitrogens is 2. The summed E-state index contributed by atoms with van der Waals surface area (Å²) in [5.41, 5.74) is 1.99. The van der Waals surface area contributed by atoms with Gasteiger partial charge in [0.25, 0.3) is 5.91 Å². The number of piperidine rings is 1. The van der Waals surface area contributed by atoms with Gasteiger partial charge in [-0.1, -0.05) is 43.0 Å². The summed E-state index contributed by atoms with van der Waals surface area (Å²) < 4.78 is 0. The lowest BCUT2D eigenvalue weighted by Crippen LogP contribution is -2.43. The van der Waals surface area contributed by atoms with Gasteiger partial charge >= 0.3 is 0 Å². The minimum atomic E-state index is -1.11. The summed E-state index contributed by atoms with van der Waals surface area (Å²) >= 11 is 0. The Bertz CT molecular complexity index is 710. The van der Waals surface area contributed by atoms with Gasteiger partial charge in [-0.15, -0.1) is 0 Å². The Labute approximate surface area is 141 Å². The molecule has 1 aromatic carbocycles. The molecule has 1 saturated heterocycles. The van der Waals surface area contributed by atoms with E-state index in [-0.39, 0.29) is 11.8 Å². The van der Waals surface area contributed by atoms with E-state index in [0.29, 0.717) is 13.1 Å². The Morgan fingerprint density at radius 2 is 1.96 bits per heavy atom. The van der Waals surface area contributed by atoms with Gasteiger partial charge in [0.15, 0.2) is 6.10 Å². The van der Waals surface area contributed by atoms with Crippen molar-refractivity contribution in [1.82, 2.24) is 14.9 Å². The van der Waals surface area contributed by atoms with Gasteiger partial charge < -0.3 is 10.0 Å². The van der Waals surface area contributed by atoms with Crippen molar-refractivity contribution in [2.24, 2.45) is 0 Å². The van der Waals surface area contributed by atoms with Crippen LogP contribution < -0.4 is 0 Å². The van der Waals surface area contributed by atoms with E-state index in [4.69, 9.17) is 4.98 Å². The second-order valence-corrected chi connectivity index (χ2v) is 5.95. The molecular formula is C19H21N3O2. The Balaban J connectivity index is 1.69. The summed E-state index contributed by atoms with van der Waals surface area (Å²) in [7, 11) is 0. The molecule has 1 aromatic heterocycles. The van der Waals surface area contributed by atoms with Gasteiger partial charge in [-0.2, -0.15) is 0 Å². The van der Waals surface area contributed by atoms with Gasteiger partial charge in [-0.05, 0) is 18.9 Å². The number of aliphatic hydroxyl groups is 1. The lowest BCUT2D eigenvalue weighted by molar-refractivity contribution is -0.138. The molecular weight excluding hydrogens is 302 g/mol. The molecule has 1 N–H and O–H groups in total. The number of hydrogen-bond donors (Lipinski definition) is 1. The van der Waals surface area contributed by atoms with Crippen LogP contribution in [0.5, 0.6) is 0 Å². The first kappa shape index (κ1) is 16.3. The summed E-state index contributed by atoms with van der Waals surface area (Å²) in [6.07, 6.45) is 3.55. The van der Waals surface area contributed by atoms with Crippen molar-refractivity contribution < 1.29 is 9.90 Å². The zero-order valence-corrected chi connectivity index (χ0v) is 13.5. The van der Waals surface area contributed by atoms with Crippen molar-refractivity contribution in [3.8, 4) is 11.3 Å². The topological polar surface area (TPSA) is 66.3 Å². The Kier molecular flexibility index (Phi) is 5.01. The molecule has 1 aliphatic rings. The van der Waals surface area contributed by atoms with Crippen LogP contribution >= 0.6 is 0 Å². The minimum absolute atomic E-state index is 0.235. The molecule has 0 spiro atoms. The molecule has 1 amide bonds. The number of benzene rings is 1. The highest BCUT2D eigenvalue weighted by Crippen LogP contribution is 2.27. The smallest absolute Gasteiger partial charge is 0.255 e. The van der Waals surface area contributed by atoms with Crippen molar-refractivity contribution in [2.45, 2.75) is 24.9 Å². The quantitative estimate of drug-likeness (QED) is 0.878. The lowest BCUT2D eigenvalue weighted by atomic mass is 9.95. The maximum Gasteiger partial charge on any atom is 0.255 e. The van der Waals surface area contributed by atoms with Crippen LogP contribution in [-0.2, 0) is 4.79 Å². The van der Waals surface area contributed by atoms with Crippen LogP contribution in [0.2, 0.25) is 0 Å². The van der Waals surface area contributed by atoms with Crippen molar-refractivity contribution in [3.05, 3.63) is 61.1 Å². The highest BCUT2D eigenvalue weighted by Gasteiger charge is 2.27. The number of hydrogen-bond acceptors (Lipinski definition) is 4. The predicted octanol–water partition coefficient (Wildman–Crippen LogP) is 2.40. The molecule has 1 atom stereocenters. The van der Waals surface area contributed by atoms with Gasteiger partial charge in [0.2, 0.25) is 0 Å². The molecule has 0 saturated carbocycles. The van der Waals surface area contributed by atoms with E-state index < -0.39 is 6.10 Å². The van der Waals surface area contributed by atoms with Crippen molar-refractivity contribution >= 4 is 5.91 Å². The van der Waals surface area contributed by atoms with E-state index in [1.165, 1.54) is 6.08 Å².